The molecule has 0 aliphatic rings. The van der Waals surface area contributed by atoms with Crippen LogP contribution in [-0.2, 0) is 5.75 Å². The summed E-state index contributed by atoms with van der Waals surface area (Å²) in [5.74, 6) is 1.42. The molecule has 0 radical (unpaired) electrons. The van der Waals surface area contributed by atoms with E-state index in [2.05, 4.69) is 32.6 Å². The van der Waals surface area contributed by atoms with Gasteiger partial charge in [0, 0.05) is 9.92 Å². The number of benzene rings is 1. The maximum atomic E-state index is 6.04. The number of aryl methyl sites for hydroxylation is 1. The molecule has 0 bridgehead atoms. The summed E-state index contributed by atoms with van der Waals surface area (Å²) in [5, 5.41) is 1.25. The predicted molar refractivity (Wildman–Crippen MR) is 85.5 cm³/mol. The second-order valence-electron chi connectivity index (χ2n) is 3.58. The van der Waals surface area contributed by atoms with Gasteiger partial charge in [0.15, 0.2) is 0 Å². The summed E-state index contributed by atoms with van der Waals surface area (Å²) in [5.41, 5.74) is 0.914. The van der Waals surface area contributed by atoms with Gasteiger partial charge in [0.25, 0.3) is 0 Å². The zero-order chi connectivity index (χ0) is 13.1. The number of thioether (sulfide) groups is 1. The number of halogens is 3. The average molecular weight is 411 g/mol. The van der Waals surface area contributed by atoms with Crippen LogP contribution < -0.4 is 0 Å². The number of hydrogen-bond acceptors (Lipinski definition) is 3. The monoisotopic (exact) mass is 410 g/mol. The van der Waals surface area contributed by atoms with Gasteiger partial charge in [-0.2, -0.15) is 0 Å². The van der Waals surface area contributed by atoms with Crippen molar-refractivity contribution in [1.82, 2.24) is 9.97 Å². The molecule has 0 spiro atoms. The Morgan fingerprint density at radius 3 is 2.72 bits per heavy atom. The Morgan fingerprint density at radius 2 is 2.06 bits per heavy atom. The van der Waals surface area contributed by atoms with E-state index in [9.17, 15) is 0 Å². The van der Waals surface area contributed by atoms with Crippen molar-refractivity contribution in [3.63, 3.8) is 0 Å². The number of hydrogen-bond donors (Lipinski definition) is 0. The van der Waals surface area contributed by atoms with Gasteiger partial charge in [-0.05, 0) is 47.7 Å². The smallest absolute Gasteiger partial charge is 0.146 e. The second kappa shape index (κ2) is 6.41. The van der Waals surface area contributed by atoms with Gasteiger partial charge in [0.2, 0.25) is 0 Å². The van der Waals surface area contributed by atoms with Crippen LogP contribution in [0.4, 0.5) is 0 Å². The van der Waals surface area contributed by atoms with Gasteiger partial charge >= 0.3 is 0 Å². The predicted octanol–water partition coefficient (Wildman–Crippen LogP) is 4.99. The van der Waals surface area contributed by atoms with Crippen molar-refractivity contribution >= 4 is 57.6 Å². The van der Waals surface area contributed by atoms with E-state index in [1.807, 2.05) is 31.2 Å². The van der Waals surface area contributed by atoms with Gasteiger partial charge in [-0.1, -0.05) is 29.3 Å². The Balaban J connectivity index is 2.11. The fourth-order valence-electron chi connectivity index (χ4n) is 1.35. The third kappa shape index (κ3) is 3.73. The Kier molecular flexibility index (Phi) is 5.12. The first kappa shape index (κ1) is 14.4. The number of nitrogens with zero attached hydrogens (tertiary/aromatic N) is 2. The molecule has 0 atom stereocenters. The second-order valence-corrected chi connectivity index (χ2v) is 6.50. The lowest BCUT2D eigenvalue weighted by molar-refractivity contribution is 0.983. The largest absolute Gasteiger partial charge is 0.236 e. The van der Waals surface area contributed by atoms with E-state index in [1.54, 1.807) is 11.8 Å². The molecule has 0 amide bonds. The van der Waals surface area contributed by atoms with Crippen molar-refractivity contribution in [1.29, 1.82) is 0 Å². The van der Waals surface area contributed by atoms with Crippen LogP contribution in [0.5, 0.6) is 0 Å². The molecule has 2 rings (SSSR count). The zero-order valence-electron chi connectivity index (χ0n) is 9.45. The van der Waals surface area contributed by atoms with Crippen molar-refractivity contribution < 1.29 is 0 Å². The Morgan fingerprint density at radius 1 is 1.28 bits per heavy atom. The van der Waals surface area contributed by atoms with Crippen molar-refractivity contribution in [3.05, 3.63) is 49.5 Å². The Hall–Kier alpha value is -0.0400. The van der Waals surface area contributed by atoms with Crippen LogP contribution in [0, 0.1) is 10.5 Å². The summed E-state index contributed by atoms with van der Waals surface area (Å²) in [6.45, 7) is 1.93. The van der Waals surface area contributed by atoms with E-state index < -0.39 is 0 Å². The van der Waals surface area contributed by atoms with Crippen molar-refractivity contribution in [2.75, 3.05) is 0 Å². The number of aromatic nitrogens is 2. The van der Waals surface area contributed by atoms with E-state index in [0.29, 0.717) is 10.9 Å². The van der Waals surface area contributed by atoms with Gasteiger partial charge in [-0.15, -0.1) is 11.8 Å². The molecular weight excluding hydrogens is 402 g/mol. The molecule has 0 unspecified atom stereocenters. The summed E-state index contributed by atoms with van der Waals surface area (Å²) < 4.78 is 0.908. The van der Waals surface area contributed by atoms with Crippen LogP contribution >= 0.6 is 57.6 Å². The first-order chi connectivity index (χ1) is 8.56. The van der Waals surface area contributed by atoms with E-state index >= 15 is 0 Å². The molecule has 2 aromatic rings. The highest BCUT2D eigenvalue weighted by Gasteiger charge is 2.07. The fourth-order valence-corrected chi connectivity index (χ4v) is 2.89. The van der Waals surface area contributed by atoms with Crippen molar-refractivity contribution in [3.8, 4) is 0 Å². The maximum absolute atomic E-state index is 6.04. The molecule has 0 N–H and O–H groups in total. The first-order valence-corrected chi connectivity index (χ1v) is 7.95. The molecule has 0 saturated carbocycles. The molecule has 1 aromatic heterocycles. The van der Waals surface area contributed by atoms with E-state index in [1.165, 1.54) is 0 Å². The van der Waals surface area contributed by atoms with Gasteiger partial charge in [0.1, 0.15) is 11.0 Å². The highest BCUT2D eigenvalue weighted by atomic mass is 127. The Bertz CT molecular complexity index is 555. The summed E-state index contributed by atoms with van der Waals surface area (Å²) in [4.78, 5) is 9.77. The zero-order valence-corrected chi connectivity index (χ0v) is 13.9. The molecular formula is C12H9Cl2IN2S. The van der Waals surface area contributed by atoms with Crippen LogP contribution in [0.3, 0.4) is 0 Å². The maximum Gasteiger partial charge on any atom is 0.146 e. The van der Waals surface area contributed by atoms with Gasteiger partial charge < -0.3 is 0 Å². The fraction of sp³-hybridized carbons (Fsp3) is 0.167. The first-order valence-electron chi connectivity index (χ1n) is 5.13. The highest BCUT2D eigenvalue weighted by Crippen LogP contribution is 2.25. The normalized spacial score (nSPS) is 10.7. The van der Waals surface area contributed by atoms with E-state index in [-0.39, 0.29) is 0 Å². The molecule has 0 fully saturated rings. The third-order valence-corrected chi connectivity index (χ3v) is 5.30. The average Bonchev–Trinajstić information content (AvgIpc) is 2.33. The minimum Gasteiger partial charge on any atom is -0.236 e. The van der Waals surface area contributed by atoms with Gasteiger partial charge in [-0.25, -0.2) is 9.97 Å². The Labute approximate surface area is 134 Å². The van der Waals surface area contributed by atoms with E-state index in [0.717, 1.165) is 25.0 Å². The van der Waals surface area contributed by atoms with E-state index in [4.69, 9.17) is 23.2 Å². The minimum absolute atomic E-state index is 0.518. The number of rotatable bonds is 3. The van der Waals surface area contributed by atoms with Crippen LogP contribution in [0.1, 0.15) is 11.5 Å². The molecule has 0 aliphatic heterocycles. The van der Waals surface area contributed by atoms with Crippen LogP contribution in [0.15, 0.2) is 29.2 Å². The summed E-state index contributed by atoms with van der Waals surface area (Å²) in [7, 11) is 0. The van der Waals surface area contributed by atoms with Crippen LogP contribution in [0.25, 0.3) is 0 Å². The topological polar surface area (TPSA) is 25.8 Å². The molecule has 2 nitrogen and oxygen atoms in total. The third-order valence-electron chi connectivity index (χ3n) is 2.19. The molecule has 1 aromatic carbocycles. The lowest BCUT2D eigenvalue weighted by Gasteiger charge is -2.05. The summed E-state index contributed by atoms with van der Waals surface area (Å²) in [6, 6.07) is 7.72. The van der Waals surface area contributed by atoms with Crippen molar-refractivity contribution in [2.45, 2.75) is 17.6 Å². The standard InChI is InChI=1S/C12H9Cl2IN2S/c1-7-11(15)12(14)17-10(16-7)6-18-9-4-2-3-8(13)5-9/h2-5H,6H2,1H3. The van der Waals surface area contributed by atoms with Crippen molar-refractivity contribution in [2.24, 2.45) is 0 Å². The lowest BCUT2D eigenvalue weighted by atomic mass is 10.4. The van der Waals surface area contributed by atoms with Crippen LogP contribution in [0.2, 0.25) is 10.2 Å². The quantitative estimate of drug-likeness (QED) is 0.405. The van der Waals surface area contributed by atoms with Gasteiger partial charge in [-0.3, -0.25) is 0 Å². The highest BCUT2D eigenvalue weighted by molar-refractivity contribution is 14.1. The lowest BCUT2D eigenvalue weighted by Crippen LogP contribution is -1.99. The molecule has 0 saturated heterocycles. The molecule has 0 aliphatic carbocycles. The van der Waals surface area contributed by atoms with Crippen LogP contribution in [-0.4, -0.2) is 9.97 Å². The molecule has 1 heterocycles. The summed E-state index contributed by atoms with van der Waals surface area (Å²) in [6.07, 6.45) is 0. The molecule has 94 valence electrons. The SMILES string of the molecule is Cc1nc(CSc2cccc(Cl)c2)nc(Cl)c1I. The molecule has 6 heteroatoms. The van der Waals surface area contributed by atoms with Gasteiger partial charge in [0.05, 0.1) is 15.0 Å². The summed E-state index contributed by atoms with van der Waals surface area (Å²) >= 11 is 15.8. The minimum atomic E-state index is 0.518. The molecule has 18 heavy (non-hydrogen) atoms.